The lowest BCUT2D eigenvalue weighted by Crippen LogP contribution is -2.30. The highest BCUT2D eigenvalue weighted by molar-refractivity contribution is 6.00. The van der Waals surface area contributed by atoms with E-state index in [1.807, 2.05) is 24.3 Å². The van der Waals surface area contributed by atoms with Gasteiger partial charge in [-0.25, -0.2) is 0 Å². The van der Waals surface area contributed by atoms with Gasteiger partial charge in [-0.3, -0.25) is 4.79 Å². The van der Waals surface area contributed by atoms with Gasteiger partial charge in [-0.15, -0.1) is 0 Å². The maximum Gasteiger partial charge on any atom is 0.171 e. The van der Waals surface area contributed by atoms with E-state index < -0.39 is 0 Å². The van der Waals surface area contributed by atoms with Crippen LogP contribution in [0.2, 0.25) is 0 Å². The van der Waals surface area contributed by atoms with Gasteiger partial charge in [0.15, 0.2) is 5.78 Å². The van der Waals surface area contributed by atoms with Crippen LogP contribution in [-0.4, -0.2) is 18.9 Å². The molecule has 3 nitrogen and oxygen atoms in total. The van der Waals surface area contributed by atoms with Crippen LogP contribution in [-0.2, 0) is 0 Å². The first-order chi connectivity index (χ1) is 7.74. The van der Waals surface area contributed by atoms with Crippen molar-refractivity contribution in [1.29, 1.82) is 0 Å². The number of ether oxygens (including phenoxy) is 1. The number of carbonyl (C=O) groups excluding carboxylic acids is 1. The summed E-state index contributed by atoms with van der Waals surface area (Å²) in [6.45, 7) is 0. The third-order valence-electron chi connectivity index (χ3n) is 3.28. The predicted molar refractivity (Wildman–Crippen MR) is 62.6 cm³/mol. The standard InChI is InChI=1S/C13H17NO2/c1-16-12-8-3-2-5-10(12)13(15)9-6-4-7-11(9)14/h2-3,5,8-9,11H,4,6-7,14H2,1H3. The number of ketones is 1. The molecule has 0 heterocycles. The average Bonchev–Trinajstić information content (AvgIpc) is 2.74. The molecule has 86 valence electrons. The molecule has 2 unspecified atom stereocenters. The summed E-state index contributed by atoms with van der Waals surface area (Å²) in [5.41, 5.74) is 6.61. The Balaban J connectivity index is 2.26. The van der Waals surface area contributed by atoms with Crippen molar-refractivity contribution in [3.8, 4) is 5.75 Å². The van der Waals surface area contributed by atoms with E-state index in [1.165, 1.54) is 0 Å². The van der Waals surface area contributed by atoms with E-state index >= 15 is 0 Å². The van der Waals surface area contributed by atoms with E-state index in [0.717, 1.165) is 19.3 Å². The van der Waals surface area contributed by atoms with E-state index in [4.69, 9.17) is 10.5 Å². The molecule has 2 rings (SSSR count). The van der Waals surface area contributed by atoms with Crippen molar-refractivity contribution in [2.24, 2.45) is 11.7 Å². The fraction of sp³-hybridized carbons (Fsp3) is 0.462. The Morgan fingerprint density at radius 2 is 2.12 bits per heavy atom. The van der Waals surface area contributed by atoms with Crippen LogP contribution < -0.4 is 10.5 Å². The molecule has 2 atom stereocenters. The van der Waals surface area contributed by atoms with E-state index in [2.05, 4.69) is 0 Å². The molecule has 1 fully saturated rings. The number of hydrogen-bond donors (Lipinski definition) is 1. The van der Waals surface area contributed by atoms with Crippen molar-refractivity contribution in [2.75, 3.05) is 7.11 Å². The Labute approximate surface area is 95.6 Å². The smallest absolute Gasteiger partial charge is 0.171 e. The molecule has 1 aliphatic carbocycles. The topological polar surface area (TPSA) is 52.3 Å². The van der Waals surface area contributed by atoms with Crippen molar-refractivity contribution in [3.63, 3.8) is 0 Å². The van der Waals surface area contributed by atoms with Crippen LogP contribution in [0.25, 0.3) is 0 Å². The largest absolute Gasteiger partial charge is 0.496 e. The van der Waals surface area contributed by atoms with Gasteiger partial charge in [0.05, 0.1) is 12.7 Å². The molecule has 0 aliphatic heterocycles. The zero-order valence-corrected chi connectivity index (χ0v) is 9.48. The van der Waals surface area contributed by atoms with Crippen LogP contribution in [0.15, 0.2) is 24.3 Å². The zero-order valence-electron chi connectivity index (χ0n) is 9.48. The van der Waals surface area contributed by atoms with Gasteiger partial charge in [0, 0.05) is 12.0 Å². The molecule has 1 aromatic rings. The summed E-state index contributed by atoms with van der Waals surface area (Å²) in [5, 5.41) is 0. The number of methoxy groups -OCH3 is 1. The molecule has 0 radical (unpaired) electrons. The second-order valence-corrected chi connectivity index (χ2v) is 4.27. The number of nitrogens with two attached hydrogens (primary N) is 1. The van der Waals surface area contributed by atoms with Gasteiger partial charge in [-0.2, -0.15) is 0 Å². The molecule has 0 aromatic heterocycles. The van der Waals surface area contributed by atoms with Crippen LogP contribution in [0.5, 0.6) is 5.75 Å². The number of hydrogen-bond acceptors (Lipinski definition) is 3. The number of rotatable bonds is 3. The van der Waals surface area contributed by atoms with Gasteiger partial charge < -0.3 is 10.5 Å². The Morgan fingerprint density at radius 1 is 1.38 bits per heavy atom. The lowest BCUT2D eigenvalue weighted by molar-refractivity contribution is 0.0910. The Bertz CT molecular complexity index is 389. The molecule has 16 heavy (non-hydrogen) atoms. The highest BCUT2D eigenvalue weighted by Crippen LogP contribution is 2.30. The van der Waals surface area contributed by atoms with Crippen LogP contribution in [0.3, 0.4) is 0 Å². The molecule has 0 saturated heterocycles. The van der Waals surface area contributed by atoms with E-state index in [-0.39, 0.29) is 17.7 Å². The Hall–Kier alpha value is -1.35. The second kappa shape index (κ2) is 4.66. The molecule has 0 bridgehead atoms. The minimum Gasteiger partial charge on any atom is -0.496 e. The molecule has 1 aliphatic rings. The molecule has 2 N–H and O–H groups in total. The van der Waals surface area contributed by atoms with Gasteiger partial charge in [-0.05, 0) is 25.0 Å². The Morgan fingerprint density at radius 3 is 2.75 bits per heavy atom. The average molecular weight is 219 g/mol. The van der Waals surface area contributed by atoms with Crippen LogP contribution >= 0.6 is 0 Å². The third kappa shape index (κ3) is 1.95. The number of Topliss-reactive ketones (excluding diaryl/α,β-unsaturated/α-hetero) is 1. The second-order valence-electron chi connectivity index (χ2n) is 4.27. The summed E-state index contributed by atoms with van der Waals surface area (Å²) in [5.74, 6) is 0.741. The van der Waals surface area contributed by atoms with E-state index in [0.29, 0.717) is 11.3 Å². The molecular weight excluding hydrogens is 202 g/mol. The summed E-state index contributed by atoms with van der Waals surface area (Å²) < 4.78 is 5.20. The molecular formula is C13H17NO2. The quantitative estimate of drug-likeness (QED) is 0.791. The SMILES string of the molecule is COc1ccccc1C(=O)C1CCCC1N. The highest BCUT2D eigenvalue weighted by atomic mass is 16.5. The van der Waals surface area contributed by atoms with Crippen molar-refractivity contribution in [2.45, 2.75) is 25.3 Å². The summed E-state index contributed by atoms with van der Waals surface area (Å²) in [4.78, 5) is 12.3. The first-order valence-corrected chi connectivity index (χ1v) is 5.67. The molecule has 0 amide bonds. The Kier molecular flexibility index (Phi) is 3.25. The van der Waals surface area contributed by atoms with Crippen LogP contribution in [0, 0.1) is 5.92 Å². The summed E-state index contributed by atoms with van der Waals surface area (Å²) in [6, 6.07) is 7.36. The van der Waals surface area contributed by atoms with Gasteiger partial charge in [0.1, 0.15) is 5.75 Å². The number of carbonyl (C=O) groups is 1. The minimum atomic E-state index is -0.0312. The maximum absolute atomic E-state index is 12.3. The number of benzene rings is 1. The highest BCUT2D eigenvalue weighted by Gasteiger charge is 2.31. The fourth-order valence-electron chi connectivity index (χ4n) is 2.36. The third-order valence-corrected chi connectivity index (χ3v) is 3.28. The first-order valence-electron chi connectivity index (χ1n) is 5.67. The molecule has 0 spiro atoms. The number of para-hydroxylation sites is 1. The lowest BCUT2D eigenvalue weighted by atomic mass is 9.93. The van der Waals surface area contributed by atoms with Crippen molar-refractivity contribution < 1.29 is 9.53 Å². The van der Waals surface area contributed by atoms with Gasteiger partial charge in [0.25, 0.3) is 0 Å². The summed E-state index contributed by atoms with van der Waals surface area (Å²) in [6.07, 6.45) is 2.90. The molecule has 3 heteroatoms. The fourth-order valence-corrected chi connectivity index (χ4v) is 2.36. The molecule has 1 saturated carbocycles. The molecule has 1 aromatic carbocycles. The van der Waals surface area contributed by atoms with Crippen LogP contribution in [0.4, 0.5) is 0 Å². The summed E-state index contributed by atoms with van der Waals surface area (Å²) >= 11 is 0. The zero-order chi connectivity index (χ0) is 11.5. The maximum atomic E-state index is 12.3. The van der Waals surface area contributed by atoms with Gasteiger partial charge >= 0.3 is 0 Å². The summed E-state index contributed by atoms with van der Waals surface area (Å²) in [7, 11) is 1.58. The lowest BCUT2D eigenvalue weighted by Gasteiger charge is -2.15. The van der Waals surface area contributed by atoms with Crippen molar-refractivity contribution >= 4 is 5.78 Å². The van der Waals surface area contributed by atoms with E-state index in [9.17, 15) is 4.79 Å². The van der Waals surface area contributed by atoms with E-state index in [1.54, 1.807) is 7.11 Å². The normalized spacial score (nSPS) is 24.4. The minimum absolute atomic E-state index is 0.0115. The monoisotopic (exact) mass is 219 g/mol. The van der Waals surface area contributed by atoms with Gasteiger partial charge in [-0.1, -0.05) is 18.6 Å². The van der Waals surface area contributed by atoms with Crippen LogP contribution in [0.1, 0.15) is 29.6 Å². The predicted octanol–water partition coefficient (Wildman–Crippen LogP) is 2.01. The van der Waals surface area contributed by atoms with Gasteiger partial charge in [0.2, 0.25) is 0 Å². The van der Waals surface area contributed by atoms with Crippen molar-refractivity contribution in [1.82, 2.24) is 0 Å². The van der Waals surface area contributed by atoms with Crippen molar-refractivity contribution in [3.05, 3.63) is 29.8 Å². The first kappa shape index (κ1) is 11.1.